The smallest absolute Gasteiger partial charge is 0.266 e. The molecule has 0 aliphatic heterocycles. The quantitative estimate of drug-likeness (QED) is 0.355. The van der Waals surface area contributed by atoms with Crippen molar-refractivity contribution in [2.24, 2.45) is 0 Å². The molecule has 0 spiro atoms. The molecule has 0 aliphatic carbocycles. The molecule has 3 aromatic carbocycles. The number of para-hydroxylation sites is 1. The Morgan fingerprint density at radius 3 is 2.50 bits per heavy atom. The van der Waals surface area contributed by atoms with E-state index in [0.717, 1.165) is 12.1 Å². The van der Waals surface area contributed by atoms with Gasteiger partial charge in [0.25, 0.3) is 5.56 Å². The minimum absolute atomic E-state index is 0.261. The third-order valence-electron chi connectivity index (χ3n) is 4.16. The molecule has 0 radical (unpaired) electrons. The molecule has 0 saturated heterocycles. The van der Waals surface area contributed by atoms with Crippen LogP contribution in [0, 0.1) is 17.5 Å². The van der Waals surface area contributed by atoms with Gasteiger partial charge in [-0.25, -0.2) is 18.2 Å². The molecule has 0 unspecified atom stereocenters. The number of hydrogen-bond acceptors (Lipinski definition) is 3. The van der Waals surface area contributed by atoms with E-state index in [4.69, 9.17) is 0 Å². The second kappa shape index (κ2) is 7.52. The van der Waals surface area contributed by atoms with Gasteiger partial charge in [-0.2, -0.15) is 0 Å². The molecule has 0 saturated carbocycles. The minimum atomic E-state index is -0.938. The third-order valence-corrected chi connectivity index (χ3v) is 5.17. The summed E-state index contributed by atoms with van der Waals surface area (Å²) in [6.07, 6.45) is 0. The van der Waals surface area contributed by atoms with Crippen molar-refractivity contribution in [2.45, 2.75) is 10.9 Å². The summed E-state index contributed by atoms with van der Waals surface area (Å²) in [7, 11) is 0. The topological polar surface area (TPSA) is 34.9 Å². The molecule has 140 valence electrons. The van der Waals surface area contributed by atoms with E-state index in [0.29, 0.717) is 27.3 Å². The Labute approximate surface area is 162 Å². The third kappa shape index (κ3) is 3.53. The van der Waals surface area contributed by atoms with Crippen LogP contribution in [0.5, 0.6) is 0 Å². The van der Waals surface area contributed by atoms with Crippen LogP contribution in [-0.2, 0) is 5.75 Å². The molecule has 0 amide bonds. The summed E-state index contributed by atoms with van der Waals surface area (Å²) in [5.74, 6) is -2.08. The minimum Gasteiger partial charge on any atom is -0.268 e. The van der Waals surface area contributed by atoms with E-state index in [2.05, 4.69) is 4.98 Å². The molecule has 4 rings (SSSR count). The Morgan fingerprint density at radius 1 is 0.893 bits per heavy atom. The molecule has 1 aromatic heterocycles. The summed E-state index contributed by atoms with van der Waals surface area (Å²) in [5.41, 5.74) is 1.06. The van der Waals surface area contributed by atoms with Gasteiger partial charge in [-0.15, -0.1) is 0 Å². The predicted molar refractivity (Wildman–Crippen MR) is 103 cm³/mol. The number of halogens is 3. The first-order valence-corrected chi connectivity index (χ1v) is 9.36. The van der Waals surface area contributed by atoms with E-state index in [1.807, 2.05) is 0 Å². The van der Waals surface area contributed by atoms with Crippen molar-refractivity contribution in [1.82, 2.24) is 9.55 Å². The van der Waals surface area contributed by atoms with Crippen LogP contribution >= 0.6 is 11.8 Å². The zero-order valence-electron chi connectivity index (χ0n) is 14.4. The van der Waals surface area contributed by atoms with Crippen LogP contribution in [0.3, 0.4) is 0 Å². The molecule has 3 nitrogen and oxygen atoms in total. The SMILES string of the molecule is O=c1c2ccccc2nc(SCc2ccc(F)c(F)c2)n1-c1cccc(F)c1. The molecule has 0 bridgehead atoms. The number of fused-ring (bicyclic) bond motifs is 1. The summed E-state index contributed by atoms with van der Waals surface area (Å²) in [5, 5.41) is 0.739. The molecule has 0 N–H and O–H groups in total. The lowest BCUT2D eigenvalue weighted by Crippen LogP contribution is -2.21. The van der Waals surface area contributed by atoms with Gasteiger partial charge in [0.15, 0.2) is 16.8 Å². The normalized spacial score (nSPS) is 11.1. The maximum Gasteiger partial charge on any atom is 0.266 e. The van der Waals surface area contributed by atoms with Gasteiger partial charge in [0, 0.05) is 5.75 Å². The van der Waals surface area contributed by atoms with Crippen molar-refractivity contribution in [3.8, 4) is 5.69 Å². The van der Waals surface area contributed by atoms with Gasteiger partial charge in [-0.3, -0.25) is 9.36 Å². The lowest BCUT2D eigenvalue weighted by Gasteiger charge is -2.13. The summed E-state index contributed by atoms with van der Waals surface area (Å²) in [6.45, 7) is 0. The highest BCUT2D eigenvalue weighted by atomic mass is 32.2. The zero-order chi connectivity index (χ0) is 19.7. The van der Waals surface area contributed by atoms with Gasteiger partial charge >= 0.3 is 0 Å². The van der Waals surface area contributed by atoms with E-state index < -0.39 is 17.5 Å². The highest BCUT2D eigenvalue weighted by molar-refractivity contribution is 7.98. The molecular weight excluding hydrogens is 385 g/mol. The Bertz CT molecular complexity index is 1240. The summed E-state index contributed by atoms with van der Waals surface area (Å²) >= 11 is 1.18. The first-order valence-electron chi connectivity index (χ1n) is 8.37. The van der Waals surface area contributed by atoms with Crippen LogP contribution in [0.4, 0.5) is 13.2 Å². The van der Waals surface area contributed by atoms with Gasteiger partial charge in [-0.1, -0.05) is 36.0 Å². The van der Waals surface area contributed by atoms with Gasteiger partial charge in [-0.05, 0) is 48.0 Å². The van der Waals surface area contributed by atoms with Crippen LogP contribution in [-0.4, -0.2) is 9.55 Å². The Hall–Kier alpha value is -3.06. The Morgan fingerprint density at radius 2 is 1.71 bits per heavy atom. The average molecular weight is 398 g/mol. The van der Waals surface area contributed by atoms with Crippen LogP contribution in [0.15, 0.2) is 76.7 Å². The van der Waals surface area contributed by atoms with Gasteiger partial charge < -0.3 is 0 Å². The maximum absolute atomic E-state index is 13.7. The monoisotopic (exact) mass is 398 g/mol. The molecule has 1 heterocycles. The number of benzene rings is 3. The van der Waals surface area contributed by atoms with Crippen LogP contribution in [0.25, 0.3) is 16.6 Å². The second-order valence-corrected chi connectivity index (χ2v) is 7.01. The summed E-state index contributed by atoms with van der Waals surface area (Å²) in [6, 6.07) is 16.2. The first-order chi connectivity index (χ1) is 13.5. The van der Waals surface area contributed by atoms with Crippen molar-refractivity contribution in [2.75, 3.05) is 0 Å². The van der Waals surface area contributed by atoms with Crippen molar-refractivity contribution >= 4 is 22.7 Å². The Kier molecular flexibility index (Phi) is 4.92. The number of thioether (sulfide) groups is 1. The highest BCUT2D eigenvalue weighted by Gasteiger charge is 2.14. The van der Waals surface area contributed by atoms with Gasteiger partial charge in [0.05, 0.1) is 16.6 Å². The molecular formula is C21H13F3N2OS. The predicted octanol–water partition coefficient (Wildman–Crippen LogP) is 5.10. The van der Waals surface area contributed by atoms with E-state index in [1.54, 1.807) is 30.3 Å². The van der Waals surface area contributed by atoms with E-state index in [1.165, 1.54) is 40.6 Å². The summed E-state index contributed by atoms with van der Waals surface area (Å²) in [4.78, 5) is 17.6. The highest BCUT2D eigenvalue weighted by Crippen LogP contribution is 2.25. The number of rotatable bonds is 4. The van der Waals surface area contributed by atoms with Crippen molar-refractivity contribution in [3.63, 3.8) is 0 Å². The number of aromatic nitrogens is 2. The van der Waals surface area contributed by atoms with Crippen molar-refractivity contribution in [3.05, 3.63) is 100 Å². The largest absolute Gasteiger partial charge is 0.268 e. The lowest BCUT2D eigenvalue weighted by atomic mass is 10.2. The molecule has 0 fully saturated rings. The summed E-state index contributed by atoms with van der Waals surface area (Å²) < 4.78 is 41.7. The average Bonchev–Trinajstić information content (AvgIpc) is 2.69. The number of hydrogen-bond donors (Lipinski definition) is 0. The molecule has 0 aliphatic rings. The van der Waals surface area contributed by atoms with Crippen LogP contribution < -0.4 is 5.56 Å². The number of nitrogens with zero attached hydrogens (tertiary/aromatic N) is 2. The molecule has 4 aromatic rings. The standard InChI is InChI=1S/C21H13F3N2OS/c22-14-4-3-5-15(11-14)26-20(27)16-6-1-2-7-19(16)25-21(26)28-12-13-8-9-17(23)18(24)10-13/h1-11H,12H2. The fourth-order valence-corrected chi connectivity index (χ4v) is 3.79. The van der Waals surface area contributed by atoms with Crippen LogP contribution in [0.1, 0.15) is 5.56 Å². The molecule has 7 heteroatoms. The van der Waals surface area contributed by atoms with Crippen molar-refractivity contribution in [1.29, 1.82) is 0 Å². The molecule has 28 heavy (non-hydrogen) atoms. The van der Waals surface area contributed by atoms with E-state index >= 15 is 0 Å². The van der Waals surface area contributed by atoms with E-state index in [-0.39, 0.29) is 11.3 Å². The second-order valence-electron chi connectivity index (χ2n) is 6.07. The van der Waals surface area contributed by atoms with Crippen molar-refractivity contribution < 1.29 is 13.2 Å². The van der Waals surface area contributed by atoms with Gasteiger partial charge in [0.1, 0.15) is 5.82 Å². The van der Waals surface area contributed by atoms with E-state index in [9.17, 15) is 18.0 Å². The fraction of sp³-hybridized carbons (Fsp3) is 0.0476. The fourth-order valence-electron chi connectivity index (χ4n) is 2.83. The molecule has 0 atom stereocenters. The lowest BCUT2D eigenvalue weighted by molar-refractivity contribution is 0.507. The zero-order valence-corrected chi connectivity index (χ0v) is 15.2. The Balaban J connectivity index is 1.82. The first kappa shape index (κ1) is 18.3. The van der Waals surface area contributed by atoms with Crippen LogP contribution in [0.2, 0.25) is 0 Å². The van der Waals surface area contributed by atoms with Gasteiger partial charge in [0.2, 0.25) is 0 Å². The maximum atomic E-state index is 13.7.